The first-order valence-corrected chi connectivity index (χ1v) is 10.0. The van der Waals surface area contributed by atoms with E-state index in [2.05, 4.69) is 0 Å². The molecule has 0 amide bonds. The van der Waals surface area contributed by atoms with E-state index in [1.807, 2.05) is 36.4 Å². The maximum Gasteiger partial charge on any atom is 0.122 e. The molecule has 1 aliphatic carbocycles. The van der Waals surface area contributed by atoms with Gasteiger partial charge in [0.05, 0.1) is 6.15 Å². The topological polar surface area (TPSA) is 0 Å². The highest BCUT2D eigenvalue weighted by atomic mass is 32.1. The number of hydrogen-bond donors (Lipinski definition) is 0. The predicted molar refractivity (Wildman–Crippen MR) is 122 cm³/mol. The monoisotopic (exact) mass is 414 g/mol. The molecule has 1 aliphatic rings. The molecule has 1 saturated carbocycles. The fourth-order valence-corrected chi connectivity index (χ4v) is 5.33. The normalized spacial score (nSPS) is 15.0. The summed E-state index contributed by atoms with van der Waals surface area (Å²) >= 11 is 0. The fourth-order valence-electron chi connectivity index (χ4n) is 5.33. The Hall–Kier alpha value is -2.14. The second kappa shape index (κ2) is 9.12. The van der Waals surface area contributed by atoms with Gasteiger partial charge < -0.3 is 0 Å². The molecule has 0 nitrogen and oxygen atoms in total. The molecule has 1 fully saturated rings. The second-order valence-electron chi connectivity index (χ2n) is 7.99. The lowest BCUT2D eigenvalue weighted by molar-refractivity contribution is 0.496. The Kier molecular flexibility index (Phi) is 6.79. The van der Waals surface area contributed by atoms with Crippen molar-refractivity contribution < 1.29 is 13.2 Å². The maximum atomic E-state index is 13.7. The van der Waals surface area contributed by atoms with Crippen LogP contribution in [0.1, 0.15) is 32.1 Å². The Balaban J connectivity index is 0.00000240. The number of benzene rings is 3. The van der Waals surface area contributed by atoms with Crippen LogP contribution in [-0.4, -0.2) is 6.15 Å². The van der Waals surface area contributed by atoms with Crippen LogP contribution in [0.3, 0.4) is 0 Å². The average molecular weight is 414 g/mol. The third-order valence-electron chi connectivity index (χ3n) is 6.54. The quantitative estimate of drug-likeness (QED) is 0.446. The molecule has 3 aromatic rings. The zero-order valence-corrected chi connectivity index (χ0v) is 17.5. The molecule has 3 aromatic carbocycles. The van der Waals surface area contributed by atoms with Crippen LogP contribution >= 0.6 is 0 Å². The average Bonchev–Trinajstić information content (AvgIpc) is 2.73. The van der Waals surface area contributed by atoms with Crippen molar-refractivity contribution in [2.24, 2.45) is 0 Å². The Bertz CT molecular complexity index is 807. The molecule has 0 saturated heterocycles. The highest BCUT2D eigenvalue weighted by molar-refractivity contribution is 7.37. The molecule has 0 bridgehead atoms. The van der Waals surface area contributed by atoms with Crippen LogP contribution in [0.15, 0.2) is 72.8 Å². The molecule has 0 unspecified atom stereocenters. The zero-order valence-electron chi connectivity index (χ0n) is 16.3. The van der Waals surface area contributed by atoms with Gasteiger partial charge in [0.1, 0.15) is 17.5 Å². The van der Waals surface area contributed by atoms with Gasteiger partial charge in [-0.3, -0.25) is 0 Å². The highest BCUT2D eigenvalue weighted by Gasteiger charge is 2.37. The van der Waals surface area contributed by atoms with Gasteiger partial charge in [0, 0.05) is 0 Å². The van der Waals surface area contributed by atoms with Crippen molar-refractivity contribution in [2.75, 3.05) is 0 Å². The summed E-state index contributed by atoms with van der Waals surface area (Å²) < 4.78 is 41.2. The van der Waals surface area contributed by atoms with E-state index in [-0.39, 0.29) is 30.9 Å². The van der Waals surface area contributed by atoms with Gasteiger partial charge in [-0.1, -0.05) is 82.0 Å². The van der Waals surface area contributed by atoms with Crippen LogP contribution in [0.2, 0.25) is 5.82 Å². The first-order chi connectivity index (χ1) is 13.6. The highest BCUT2D eigenvalue weighted by Crippen LogP contribution is 2.37. The minimum absolute atomic E-state index is 0. The van der Waals surface area contributed by atoms with E-state index >= 15 is 0 Å². The standard InChI is InChI=1S/C24H23BF3.H2S/c26-22-12-6-19(7-13-22)25(18-4-2-1-3-5-18,20-8-14-23(27)15-9-20)21-10-16-24(28)17-11-21;/h6-18H,1-5H2;1H2/q-1;/p+1. The van der Waals surface area contributed by atoms with Crippen molar-refractivity contribution in [3.8, 4) is 0 Å². The number of rotatable bonds is 4. The van der Waals surface area contributed by atoms with Crippen molar-refractivity contribution in [2.45, 2.75) is 37.9 Å². The molecule has 0 radical (unpaired) electrons. The fraction of sp³-hybridized carbons (Fsp3) is 0.250. The van der Waals surface area contributed by atoms with E-state index in [0.29, 0.717) is 5.82 Å². The summed E-state index contributed by atoms with van der Waals surface area (Å²) in [6, 6.07) is 20.0. The summed E-state index contributed by atoms with van der Waals surface area (Å²) in [7, 11) is 0. The van der Waals surface area contributed by atoms with Gasteiger partial charge in [0.2, 0.25) is 0 Å². The molecule has 29 heavy (non-hydrogen) atoms. The molecule has 0 atom stereocenters. The third-order valence-corrected chi connectivity index (χ3v) is 6.54. The van der Waals surface area contributed by atoms with E-state index in [1.165, 1.54) is 42.8 Å². The second-order valence-corrected chi connectivity index (χ2v) is 7.99. The molecule has 0 spiro atoms. The minimum Gasteiger partial charge on any atom is -0.207 e. The Morgan fingerprint density at radius 2 is 0.828 bits per heavy atom. The summed E-state index contributed by atoms with van der Waals surface area (Å²) in [6.07, 6.45) is 4.09. The van der Waals surface area contributed by atoms with E-state index in [1.54, 1.807) is 0 Å². The Morgan fingerprint density at radius 1 is 0.517 bits per heavy atom. The van der Waals surface area contributed by atoms with Crippen LogP contribution in [0.4, 0.5) is 13.2 Å². The third kappa shape index (κ3) is 4.11. The molecule has 152 valence electrons. The maximum absolute atomic E-state index is 13.7. The molecule has 0 aliphatic heterocycles. The number of hydrogen-bond acceptors (Lipinski definition) is 0. The van der Waals surface area contributed by atoms with Crippen LogP contribution in [-0.2, 0) is 13.5 Å². The molecule has 0 aromatic heterocycles. The van der Waals surface area contributed by atoms with Gasteiger partial charge in [-0.05, 0) is 36.4 Å². The molecular weight excluding hydrogens is 388 g/mol. The van der Waals surface area contributed by atoms with E-state index in [0.717, 1.165) is 42.1 Å². The predicted octanol–water partition coefficient (Wildman–Crippen LogP) is 4.10. The Morgan fingerprint density at radius 3 is 1.14 bits per heavy atom. The summed E-state index contributed by atoms with van der Waals surface area (Å²) in [5.74, 6) is -0.518. The van der Waals surface area contributed by atoms with Gasteiger partial charge in [0.25, 0.3) is 0 Å². The van der Waals surface area contributed by atoms with Crippen LogP contribution in [0, 0.1) is 17.5 Å². The lowest BCUT2D eigenvalue weighted by Gasteiger charge is -2.51. The lowest BCUT2D eigenvalue weighted by Crippen LogP contribution is -2.70. The minimum atomic E-state index is -1.48. The summed E-state index contributed by atoms with van der Waals surface area (Å²) in [6.45, 7) is 0. The first kappa shape index (κ1) is 21.6. The summed E-state index contributed by atoms with van der Waals surface area (Å²) in [5.41, 5.74) is 3.06. The zero-order chi connectivity index (χ0) is 19.6. The van der Waals surface area contributed by atoms with Gasteiger partial charge >= 0.3 is 0 Å². The van der Waals surface area contributed by atoms with Crippen LogP contribution < -0.4 is 16.4 Å². The van der Waals surface area contributed by atoms with Crippen molar-refractivity contribution in [3.63, 3.8) is 0 Å². The van der Waals surface area contributed by atoms with E-state index in [9.17, 15) is 13.2 Å². The lowest BCUT2D eigenvalue weighted by atomic mass is 9.10. The number of halogens is 3. The smallest absolute Gasteiger partial charge is 0.122 e. The molecule has 0 N–H and O–H groups in total. The van der Waals surface area contributed by atoms with Crippen molar-refractivity contribution in [1.82, 2.24) is 0 Å². The van der Waals surface area contributed by atoms with Gasteiger partial charge in [-0.25, -0.2) is 13.2 Å². The first-order valence-electron chi connectivity index (χ1n) is 10.0. The molecule has 5 heteroatoms. The SMILES string of the molecule is Fc1ccc([B-](c2ccc(F)cc2)(c2ccc(F)cc2)C2CCCCC2)cc1.[SH3+]. The molecule has 4 rings (SSSR count). The summed E-state index contributed by atoms with van der Waals surface area (Å²) in [4.78, 5) is 0. The van der Waals surface area contributed by atoms with Gasteiger partial charge in [-0.2, -0.15) is 22.2 Å². The molecule has 0 heterocycles. The van der Waals surface area contributed by atoms with Crippen molar-refractivity contribution in [1.29, 1.82) is 0 Å². The van der Waals surface area contributed by atoms with Crippen molar-refractivity contribution >= 4 is 36.0 Å². The summed E-state index contributed by atoms with van der Waals surface area (Å²) in [5, 5.41) is 0. The van der Waals surface area contributed by atoms with Crippen molar-refractivity contribution in [3.05, 3.63) is 90.2 Å². The molecular formula is C24H26BF3S. The van der Waals surface area contributed by atoms with Crippen LogP contribution in [0.5, 0.6) is 0 Å². The van der Waals surface area contributed by atoms with E-state index < -0.39 is 6.15 Å². The largest absolute Gasteiger partial charge is 0.207 e. The Labute approximate surface area is 177 Å². The van der Waals surface area contributed by atoms with Gasteiger partial charge in [0.15, 0.2) is 0 Å². The van der Waals surface area contributed by atoms with E-state index in [4.69, 9.17) is 0 Å². The van der Waals surface area contributed by atoms with Gasteiger partial charge in [-0.15, -0.1) is 0 Å². The van der Waals surface area contributed by atoms with Crippen LogP contribution in [0.25, 0.3) is 0 Å².